The fraction of sp³-hybridized carbons (Fsp3) is 0.286. The van der Waals surface area contributed by atoms with E-state index in [0.717, 1.165) is 0 Å². The number of hydrogen-bond acceptors (Lipinski definition) is 9. The van der Waals surface area contributed by atoms with Crippen LogP contribution in [0.1, 0.15) is 38.5 Å². The number of hydrogen-bond donors (Lipinski definition) is 4. The normalized spacial score (nSPS) is 11.4. The van der Waals surface area contributed by atoms with Crippen LogP contribution in [0.25, 0.3) is 0 Å². The summed E-state index contributed by atoms with van der Waals surface area (Å²) in [7, 11) is -3.91. The summed E-state index contributed by atoms with van der Waals surface area (Å²) >= 11 is 0. The second-order valence-corrected chi connectivity index (χ2v) is 7.55. The van der Waals surface area contributed by atoms with Gasteiger partial charge in [-0.05, 0) is 50.6 Å². The molecule has 31 heavy (non-hydrogen) atoms. The molecular formula is C21H30N6O3S. The lowest BCUT2D eigenvalue weighted by Gasteiger charge is -2.22. The summed E-state index contributed by atoms with van der Waals surface area (Å²) in [6.07, 6.45) is 0. The third-order valence-corrected chi connectivity index (χ3v) is 4.75. The molecule has 1 heterocycles. The van der Waals surface area contributed by atoms with Gasteiger partial charge in [0, 0.05) is 0 Å². The van der Waals surface area contributed by atoms with Crippen LogP contribution >= 0.6 is 10.9 Å². The average molecular weight is 447 g/mol. The van der Waals surface area contributed by atoms with Crippen LogP contribution in [0.4, 0.5) is 23.0 Å². The lowest BCUT2D eigenvalue weighted by atomic mass is 10.2. The first-order chi connectivity index (χ1) is 14.2. The zero-order valence-electron chi connectivity index (χ0n) is 17.5. The molecule has 0 atom stereocenters. The second kappa shape index (κ2) is 11.5. The third kappa shape index (κ3) is 7.37. The zero-order chi connectivity index (χ0) is 22.3. The van der Waals surface area contributed by atoms with Gasteiger partial charge in [0.05, 0.1) is 16.3 Å². The number of nitrogens with zero attached hydrogens (tertiary/aromatic N) is 5. The molecule has 10 heteroatoms. The van der Waals surface area contributed by atoms with E-state index in [9.17, 15) is 13.7 Å². The molecule has 1 aromatic heterocycles. The standard InChI is InChI=1S/C18H20N6O3S.C2H6.CH4/c1-11-9-15(22-18-20-12(2)19-13(3)21-18)16(10-17(11)28(25,26)27)24-23-14-7-5-4-6-8-14;1-2;/h4-10,25-27H,1-3H3,(H,19,20,21,22);1-2H3;1H4. The maximum absolute atomic E-state index is 9.70. The molecule has 9 nitrogen and oxygen atoms in total. The minimum absolute atomic E-state index is 0. The highest BCUT2D eigenvalue weighted by Crippen LogP contribution is 2.48. The van der Waals surface area contributed by atoms with Gasteiger partial charge in [-0.1, -0.05) is 39.5 Å². The van der Waals surface area contributed by atoms with Crippen LogP contribution in [-0.2, 0) is 0 Å². The van der Waals surface area contributed by atoms with Crippen molar-refractivity contribution >= 4 is 33.9 Å². The van der Waals surface area contributed by atoms with Crippen molar-refractivity contribution in [3.05, 3.63) is 59.7 Å². The van der Waals surface area contributed by atoms with Crippen LogP contribution in [0.2, 0.25) is 0 Å². The van der Waals surface area contributed by atoms with Crippen LogP contribution in [0.5, 0.6) is 0 Å². The summed E-state index contributed by atoms with van der Waals surface area (Å²) in [6.45, 7) is 9.16. The van der Waals surface area contributed by atoms with Gasteiger partial charge in [0.15, 0.2) is 0 Å². The second-order valence-electron chi connectivity index (χ2n) is 6.07. The predicted molar refractivity (Wildman–Crippen MR) is 126 cm³/mol. The highest BCUT2D eigenvalue weighted by molar-refractivity contribution is 8.19. The van der Waals surface area contributed by atoms with E-state index in [4.69, 9.17) is 0 Å². The Morgan fingerprint density at radius 3 is 1.97 bits per heavy atom. The Hall–Kier alpha value is -2.92. The highest BCUT2D eigenvalue weighted by atomic mass is 32.3. The van der Waals surface area contributed by atoms with Gasteiger partial charge in [0.2, 0.25) is 5.95 Å². The molecule has 0 radical (unpaired) electrons. The van der Waals surface area contributed by atoms with Crippen LogP contribution in [0, 0.1) is 20.8 Å². The van der Waals surface area contributed by atoms with Crippen LogP contribution in [0.15, 0.2) is 57.6 Å². The molecule has 0 spiro atoms. The van der Waals surface area contributed by atoms with Gasteiger partial charge in [0.1, 0.15) is 28.2 Å². The Bertz CT molecular complexity index is 1000. The molecule has 0 fully saturated rings. The molecule has 3 rings (SSSR count). The van der Waals surface area contributed by atoms with Crippen molar-refractivity contribution in [2.45, 2.75) is 46.9 Å². The molecule has 2 aromatic carbocycles. The minimum atomic E-state index is -3.91. The number of aryl methyl sites for hydroxylation is 3. The summed E-state index contributed by atoms with van der Waals surface area (Å²) < 4.78 is 29.1. The summed E-state index contributed by atoms with van der Waals surface area (Å²) in [4.78, 5) is 12.6. The van der Waals surface area contributed by atoms with Crippen molar-refractivity contribution < 1.29 is 13.7 Å². The van der Waals surface area contributed by atoms with E-state index in [0.29, 0.717) is 34.5 Å². The zero-order valence-corrected chi connectivity index (χ0v) is 18.3. The van der Waals surface area contributed by atoms with Crippen LogP contribution in [-0.4, -0.2) is 28.6 Å². The molecule has 0 unspecified atom stereocenters. The number of azo groups is 1. The summed E-state index contributed by atoms with van der Waals surface area (Å²) in [6, 6.07) is 12.1. The number of aromatic nitrogens is 3. The molecular weight excluding hydrogens is 416 g/mol. The summed E-state index contributed by atoms with van der Waals surface area (Å²) in [5.74, 6) is 1.43. The van der Waals surface area contributed by atoms with Crippen molar-refractivity contribution in [3.63, 3.8) is 0 Å². The molecule has 0 aliphatic rings. The molecule has 0 amide bonds. The highest BCUT2D eigenvalue weighted by Gasteiger charge is 2.21. The maximum atomic E-state index is 9.70. The van der Waals surface area contributed by atoms with Gasteiger partial charge >= 0.3 is 0 Å². The molecule has 0 bridgehead atoms. The number of anilines is 2. The predicted octanol–water partition coefficient (Wildman–Crippen LogP) is 7.20. The Morgan fingerprint density at radius 2 is 1.42 bits per heavy atom. The summed E-state index contributed by atoms with van der Waals surface area (Å²) in [5, 5.41) is 11.4. The Kier molecular flexibility index (Phi) is 9.66. The first-order valence-electron chi connectivity index (χ1n) is 9.31. The quantitative estimate of drug-likeness (QED) is 0.304. The van der Waals surface area contributed by atoms with Crippen molar-refractivity contribution in [3.8, 4) is 0 Å². The molecule has 0 aliphatic carbocycles. The first-order valence-corrected chi connectivity index (χ1v) is 10.8. The first kappa shape index (κ1) is 26.1. The topological polar surface area (TPSA) is 136 Å². The monoisotopic (exact) mass is 446 g/mol. The Balaban J connectivity index is 0.00000156. The fourth-order valence-electron chi connectivity index (χ4n) is 2.55. The van der Waals surface area contributed by atoms with Crippen LogP contribution in [0.3, 0.4) is 0 Å². The third-order valence-electron chi connectivity index (χ3n) is 3.72. The Labute approximate surface area is 184 Å². The average Bonchev–Trinajstić information content (AvgIpc) is 2.68. The molecule has 3 aromatic rings. The number of nitrogens with one attached hydrogen (secondary N) is 1. The van der Waals surface area contributed by atoms with E-state index >= 15 is 0 Å². The maximum Gasteiger partial charge on any atom is 0.230 e. The van der Waals surface area contributed by atoms with Gasteiger partial charge in [0.25, 0.3) is 0 Å². The largest absolute Gasteiger partial charge is 0.322 e. The van der Waals surface area contributed by atoms with Gasteiger partial charge < -0.3 is 19.0 Å². The van der Waals surface area contributed by atoms with Crippen molar-refractivity contribution in [1.82, 2.24) is 15.0 Å². The SMILES string of the molecule is C.CC.Cc1nc(C)nc(Nc2cc(C)c(S(O)(O)O)cc2N=Nc2ccccc2)n1. The van der Waals surface area contributed by atoms with E-state index in [-0.39, 0.29) is 18.0 Å². The summed E-state index contributed by atoms with van der Waals surface area (Å²) in [5.41, 5.74) is 1.87. The van der Waals surface area contributed by atoms with Crippen molar-refractivity contribution in [2.75, 3.05) is 5.32 Å². The van der Waals surface area contributed by atoms with E-state index in [1.807, 2.05) is 32.0 Å². The van der Waals surface area contributed by atoms with Crippen molar-refractivity contribution in [2.24, 2.45) is 10.2 Å². The molecule has 0 saturated carbocycles. The minimum Gasteiger partial charge on any atom is -0.322 e. The lowest BCUT2D eigenvalue weighted by Crippen LogP contribution is -2.04. The van der Waals surface area contributed by atoms with E-state index in [1.165, 1.54) is 6.07 Å². The fourth-order valence-corrected chi connectivity index (χ4v) is 3.31. The van der Waals surface area contributed by atoms with Gasteiger partial charge in [-0.25, -0.2) is 4.98 Å². The molecule has 4 N–H and O–H groups in total. The van der Waals surface area contributed by atoms with E-state index < -0.39 is 10.9 Å². The van der Waals surface area contributed by atoms with Gasteiger partial charge in [-0.3, -0.25) is 0 Å². The van der Waals surface area contributed by atoms with Crippen molar-refractivity contribution in [1.29, 1.82) is 0 Å². The van der Waals surface area contributed by atoms with Gasteiger partial charge in [-0.2, -0.15) is 15.1 Å². The van der Waals surface area contributed by atoms with E-state index in [2.05, 4.69) is 30.5 Å². The molecule has 168 valence electrons. The smallest absolute Gasteiger partial charge is 0.230 e. The van der Waals surface area contributed by atoms with Crippen LogP contribution < -0.4 is 5.32 Å². The van der Waals surface area contributed by atoms with E-state index in [1.54, 1.807) is 39.0 Å². The van der Waals surface area contributed by atoms with Gasteiger partial charge in [-0.15, -0.1) is 5.11 Å². The number of rotatable bonds is 5. The molecule has 0 aliphatic heterocycles. The number of benzene rings is 2. The Morgan fingerprint density at radius 1 is 0.839 bits per heavy atom. The lowest BCUT2D eigenvalue weighted by molar-refractivity contribution is 0.375. The molecule has 0 saturated heterocycles.